The van der Waals surface area contributed by atoms with Gasteiger partial charge in [-0.1, -0.05) is 0 Å². The number of carbonyl (C=O) groups is 1. The number of methoxy groups -OCH3 is 1. The lowest BCUT2D eigenvalue weighted by atomic mass is 10.0. The van der Waals surface area contributed by atoms with Crippen molar-refractivity contribution in [2.24, 2.45) is 7.05 Å². The largest absolute Gasteiger partial charge is 0.496 e. The van der Waals surface area contributed by atoms with Gasteiger partial charge in [-0.2, -0.15) is 0 Å². The molecule has 0 saturated carbocycles. The van der Waals surface area contributed by atoms with E-state index in [1.807, 2.05) is 0 Å². The zero-order chi connectivity index (χ0) is 14.9. The van der Waals surface area contributed by atoms with Crippen LogP contribution in [0.25, 0.3) is 11.1 Å². The average Bonchev–Trinajstić information content (AvgIpc) is 2.41. The third-order valence-corrected chi connectivity index (χ3v) is 2.91. The molecule has 6 heteroatoms. The SMILES string of the molecule is COc1ccc(F)cc1-c1cn(C)c(=O)cc1C(=O)O. The van der Waals surface area contributed by atoms with Crippen LogP contribution in [0, 0.1) is 5.82 Å². The summed E-state index contributed by atoms with van der Waals surface area (Å²) in [5.74, 6) is -1.46. The molecule has 2 rings (SSSR count). The Balaban J connectivity index is 2.81. The molecular formula is C14H12FNO4. The molecule has 1 aromatic heterocycles. The number of halogens is 1. The van der Waals surface area contributed by atoms with Gasteiger partial charge in [0.05, 0.1) is 12.7 Å². The number of benzene rings is 1. The minimum absolute atomic E-state index is 0.197. The van der Waals surface area contributed by atoms with Crippen LogP contribution in [0.2, 0.25) is 0 Å². The molecule has 2 aromatic rings. The molecule has 20 heavy (non-hydrogen) atoms. The van der Waals surface area contributed by atoms with Crippen LogP contribution in [0.1, 0.15) is 10.4 Å². The molecule has 0 aliphatic rings. The number of carboxylic acids is 1. The number of aromatic nitrogens is 1. The second-order valence-electron chi connectivity index (χ2n) is 4.20. The summed E-state index contributed by atoms with van der Waals surface area (Å²) in [6.07, 6.45) is 1.35. The minimum atomic E-state index is -1.26. The van der Waals surface area contributed by atoms with E-state index >= 15 is 0 Å². The molecule has 5 nitrogen and oxygen atoms in total. The molecule has 0 fully saturated rings. The molecule has 0 amide bonds. The number of pyridine rings is 1. The molecule has 0 spiro atoms. The van der Waals surface area contributed by atoms with Crippen molar-refractivity contribution >= 4 is 5.97 Å². The van der Waals surface area contributed by atoms with E-state index in [-0.39, 0.29) is 16.7 Å². The monoisotopic (exact) mass is 277 g/mol. The first-order chi connectivity index (χ1) is 9.43. The Kier molecular flexibility index (Phi) is 3.56. The topological polar surface area (TPSA) is 68.5 Å². The summed E-state index contributed by atoms with van der Waals surface area (Å²) >= 11 is 0. The van der Waals surface area contributed by atoms with Crippen LogP contribution in [0.4, 0.5) is 4.39 Å². The molecule has 0 atom stereocenters. The maximum absolute atomic E-state index is 13.4. The maximum atomic E-state index is 13.4. The van der Waals surface area contributed by atoms with Crippen molar-refractivity contribution < 1.29 is 19.0 Å². The fourth-order valence-corrected chi connectivity index (χ4v) is 1.91. The first-order valence-corrected chi connectivity index (χ1v) is 5.72. The summed E-state index contributed by atoms with van der Waals surface area (Å²) in [7, 11) is 2.89. The van der Waals surface area contributed by atoms with Gasteiger partial charge in [0, 0.05) is 30.4 Å². The van der Waals surface area contributed by atoms with Crippen LogP contribution < -0.4 is 10.3 Å². The molecule has 0 bridgehead atoms. The summed E-state index contributed by atoms with van der Waals surface area (Å²) in [5.41, 5.74) is -0.157. The normalized spacial score (nSPS) is 10.3. The molecule has 1 aromatic carbocycles. The molecule has 0 radical (unpaired) electrons. The molecule has 0 aliphatic heterocycles. The Morgan fingerprint density at radius 1 is 1.30 bits per heavy atom. The van der Waals surface area contributed by atoms with E-state index in [0.717, 1.165) is 6.07 Å². The van der Waals surface area contributed by atoms with Crippen molar-refractivity contribution in [3.05, 3.63) is 52.2 Å². The third kappa shape index (κ3) is 2.40. The van der Waals surface area contributed by atoms with Gasteiger partial charge in [0.2, 0.25) is 0 Å². The lowest BCUT2D eigenvalue weighted by Crippen LogP contribution is -2.18. The second-order valence-corrected chi connectivity index (χ2v) is 4.20. The second kappa shape index (κ2) is 5.16. The predicted molar refractivity (Wildman–Crippen MR) is 70.6 cm³/mol. The van der Waals surface area contributed by atoms with Gasteiger partial charge in [-0.05, 0) is 18.2 Å². The van der Waals surface area contributed by atoms with E-state index in [9.17, 15) is 19.1 Å². The van der Waals surface area contributed by atoms with Crippen molar-refractivity contribution in [1.29, 1.82) is 0 Å². The maximum Gasteiger partial charge on any atom is 0.336 e. The van der Waals surface area contributed by atoms with Crippen molar-refractivity contribution in [1.82, 2.24) is 4.57 Å². The molecule has 0 saturated heterocycles. The minimum Gasteiger partial charge on any atom is -0.496 e. The lowest BCUT2D eigenvalue weighted by Gasteiger charge is -2.12. The Bertz CT molecular complexity index is 736. The molecule has 0 unspecified atom stereocenters. The highest BCUT2D eigenvalue weighted by Gasteiger charge is 2.17. The van der Waals surface area contributed by atoms with Crippen LogP contribution in [-0.2, 0) is 7.05 Å². The van der Waals surface area contributed by atoms with E-state index in [1.165, 1.54) is 43.1 Å². The van der Waals surface area contributed by atoms with Gasteiger partial charge >= 0.3 is 5.97 Å². The molecule has 104 valence electrons. The highest BCUT2D eigenvalue weighted by molar-refractivity contribution is 5.96. The van der Waals surface area contributed by atoms with Crippen LogP contribution in [-0.4, -0.2) is 22.8 Å². The van der Waals surface area contributed by atoms with Crippen molar-refractivity contribution in [2.45, 2.75) is 0 Å². The van der Waals surface area contributed by atoms with Crippen molar-refractivity contribution in [2.75, 3.05) is 7.11 Å². The Hall–Kier alpha value is -2.63. The highest BCUT2D eigenvalue weighted by Crippen LogP contribution is 2.32. The molecule has 1 heterocycles. The summed E-state index contributed by atoms with van der Waals surface area (Å²) < 4.78 is 19.8. The summed E-state index contributed by atoms with van der Waals surface area (Å²) in [6, 6.07) is 4.79. The Morgan fingerprint density at radius 2 is 2.00 bits per heavy atom. The highest BCUT2D eigenvalue weighted by atomic mass is 19.1. The number of hydrogen-bond acceptors (Lipinski definition) is 3. The fourth-order valence-electron chi connectivity index (χ4n) is 1.91. The number of hydrogen-bond donors (Lipinski definition) is 1. The molecule has 1 N–H and O–H groups in total. The smallest absolute Gasteiger partial charge is 0.336 e. The van der Waals surface area contributed by atoms with Gasteiger partial charge in [-0.15, -0.1) is 0 Å². The number of rotatable bonds is 3. The number of aryl methyl sites for hydroxylation is 1. The van der Waals surface area contributed by atoms with Crippen LogP contribution in [0.3, 0.4) is 0 Å². The Labute approximate surface area is 113 Å². The molecule has 0 aliphatic carbocycles. The standard InChI is InChI=1S/C14H12FNO4/c1-16-7-11(10(14(18)19)6-13(16)17)9-5-8(15)3-4-12(9)20-2/h3-7H,1-2H3,(H,18,19). The van der Waals surface area contributed by atoms with Crippen LogP contribution >= 0.6 is 0 Å². The van der Waals surface area contributed by atoms with E-state index in [4.69, 9.17) is 4.74 Å². The van der Waals surface area contributed by atoms with Crippen LogP contribution in [0.15, 0.2) is 35.3 Å². The Morgan fingerprint density at radius 3 is 2.60 bits per heavy atom. The first-order valence-electron chi connectivity index (χ1n) is 5.72. The van der Waals surface area contributed by atoms with Gasteiger partial charge in [-0.25, -0.2) is 9.18 Å². The zero-order valence-corrected chi connectivity index (χ0v) is 10.9. The van der Waals surface area contributed by atoms with Gasteiger partial charge in [0.1, 0.15) is 11.6 Å². The average molecular weight is 277 g/mol. The van der Waals surface area contributed by atoms with Gasteiger partial charge < -0.3 is 14.4 Å². The fraction of sp³-hybridized carbons (Fsp3) is 0.143. The first kappa shape index (κ1) is 13.8. The summed E-state index contributed by atoms with van der Waals surface area (Å²) in [4.78, 5) is 22.8. The van der Waals surface area contributed by atoms with Crippen LogP contribution in [0.5, 0.6) is 5.75 Å². The third-order valence-electron chi connectivity index (χ3n) is 2.91. The number of nitrogens with zero attached hydrogens (tertiary/aromatic N) is 1. The molecular weight excluding hydrogens is 265 g/mol. The van der Waals surface area contributed by atoms with E-state index in [2.05, 4.69) is 0 Å². The number of carboxylic acid groups (broad SMARTS) is 1. The van der Waals surface area contributed by atoms with Crippen molar-refractivity contribution in [3.63, 3.8) is 0 Å². The van der Waals surface area contributed by atoms with Gasteiger partial charge in [0.25, 0.3) is 5.56 Å². The zero-order valence-electron chi connectivity index (χ0n) is 10.9. The van der Waals surface area contributed by atoms with Crippen molar-refractivity contribution in [3.8, 4) is 16.9 Å². The quantitative estimate of drug-likeness (QED) is 0.930. The van der Waals surface area contributed by atoms with E-state index in [0.29, 0.717) is 5.75 Å². The summed E-state index contributed by atoms with van der Waals surface area (Å²) in [5, 5.41) is 9.19. The summed E-state index contributed by atoms with van der Waals surface area (Å²) in [6.45, 7) is 0. The van der Waals surface area contributed by atoms with Gasteiger partial charge in [-0.3, -0.25) is 4.79 Å². The number of aromatic carboxylic acids is 1. The predicted octanol–water partition coefficient (Wildman–Crippen LogP) is 1.90. The van der Waals surface area contributed by atoms with E-state index in [1.54, 1.807) is 0 Å². The van der Waals surface area contributed by atoms with E-state index < -0.39 is 17.3 Å². The number of ether oxygens (including phenoxy) is 1. The van der Waals surface area contributed by atoms with Gasteiger partial charge in [0.15, 0.2) is 0 Å². The lowest BCUT2D eigenvalue weighted by molar-refractivity contribution is 0.0697.